The number of para-hydroxylation sites is 1. The van der Waals surface area contributed by atoms with Gasteiger partial charge in [-0.25, -0.2) is 4.79 Å². The lowest BCUT2D eigenvalue weighted by Gasteiger charge is -2.14. The third-order valence-corrected chi connectivity index (χ3v) is 4.13. The van der Waals surface area contributed by atoms with Gasteiger partial charge in [0, 0.05) is 12.4 Å². The summed E-state index contributed by atoms with van der Waals surface area (Å²) in [5.74, 6) is -1.26. The number of nitrogens with zero attached hydrogens (tertiary/aromatic N) is 2. The first-order valence-corrected chi connectivity index (χ1v) is 8.34. The first-order chi connectivity index (χ1) is 12.8. The van der Waals surface area contributed by atoms with Gasteiger partial charge in [0.1, 0.15) is 24.4 Å². The number of furan rings is 1. The quantitative estimate of drug-likeness (QED) is 0.599. The van der Waals surface area contributed by atoms with Crippen molar-refractivity contribution in [1.29, 1.82) is 0 Å². The summed E-state index contributed by atoms with van der Waals surface area (Å²) in [6.07, 6.45) is 0. The third-order valence-electron chi connectivity index (χ3n) is 4.13. The van der Waals surface area contributed by atoms with Crippen LogP contribution in [-0.2, 0) is 19.1 Å². The van der Waals surface area contributed by atoms with Crippen molar-refractivity contribution >= 4 is 34.8 Å². The molecule has 1 aromatic heterocycles. The Morgan fingerprint density at radius 3 is 2.70 bits per heavy atom. The molecule has 9 heteroatoms. The standard InChI is InChI=1S/C18H19N3O6/c1-11(14-7-12-5-3-4-6-13(12)27-14)19-15(22)10-26-17(24)9-21-16(23)8-20(2)18(21)25/h3-7,11H,8-10H2,1-2H3,(H,19,22)/t11-/m0/s1. The van der Waals surface area contributed by atoms with E-state index in [4.69, 9.17) is 9.15 Å². The van der Waals surface area contributed by atoms with Crippen LogP contribution < -0.4 is 5.32 Å². The van der Waals surface area contributed by atoms with E-state index < -0.39 is 43.0 Å². The number of rotatable bonds is 6. The minimum atomic E-state index is -0.835. The minimum Gasteiger partial charge on any atom is -0.459 e. The van der Waals surface area contributed by atoms with Crippen molar-refractivity contribution in [3.8, 4) is 0 Å². The van der Waals surface area contributed by atoms with Crippen LogP contribution in [0.15, 0.2) is 34.7 Å². The maximum Gasteiger partial charge on any atom is 0.327 e. The fourth-order valence-electron chi connectivity index (χ4n) is 2.72. The highest BCUT2D eigenvalue weighted by Gasteiger charge is 2.35. The summed E-state index contributed by atoms with van der Waals surface area (Å²) in [4.78, 5) is 49.1. The van der Waals surface area contributed by atoms with E-state index in [1.54, 1.807) is 6.92 Å². The second-order valence-corrected chi connectivity index (χ2v) is 6.26. The summed E-state index contributed by atoms with van der Waals surface area (Å²) < 4.78 is 10.5. The number of nitrogens with one attached hydrogen (secondary N) is 1. The highest BCUT2D eigenvalue weighted by molar-refractivity contribution is 6.04. The lowest BCUT2D eigenvalue weighted by molar-refractivity contribution is -0.150. The molecule has 1 saturated heterocycles. The third kappa shape index (κ3) is 4.08. The van der Waals surface area contributed by atoms with Crippen molar-refractivity contribution in [2.45, 2.75) is 13.0 Å². The second kappa shape index (κ2) is 7.48. The van der Waals surface area contributed by atoms with Crippen LogP contribution in [0, 0.1) is 0 Å². The molecule has 1 aliphatic rings. The molecule has 0 spiro atoms. The van der Waals surface area contributed by atoms with Gasteiger partial charge in [0.05, 0.1) is 6.04 Å². The number of hydrogen-bond acceptors (Lipinski definition) is 6. The van der Waals surface area contributed by atoms with Crippen molar-refractivity contribution in [2.24, 2.45) is 0 Å². The zero-order chi connectivity index (χ0) is 19.6. The Hall–Kier alpha value is -3.36. The number of esters is 1. The van der Waals surface area contributed by atoms with Crippen molar-refractivity contribution < 1.29 is 28.3 Å². The molecule has 1 aromatic carbocycles. The van der Waals surface area contributed by atoms with E-state index in [0.29, 0.717) is 11.3 Å². The molecule has 9 nitrogen and oxygen atoms in total. The zero-order valence-electron chi connectivity index (χ0n) is 14.9. The van der Waals surface area contributed by atoms with E-state index in [9.17, 15) is 19.2 Å². The van der Waals surface area contributed by atoms with Crippen LogP contribution in [0.5, 0.6) is 0 Å². The van der Waals surface area contributed by atoms with Gasteiger partial charge in [-0.1, -0.05) is 18.2 Å². The largest absolute Gasteiger partial charge is 0.459 e. The number of carbonyl (C=O) groups is 4. The van der Waals surface area contributed by atoms with Crippen LogP contribution in [0.1, 0.15) is 18.7 Å². The number of urea groups is 1. The first-order valence-electron chi connectivity index (χ1n) is 8.34. The molecule has 0 saturated carbocycles. The molecule has 0 radical (unpaired) electrons. The van der Waals surface area contributed by atoms with E-state index in [1.807, 2.05) is 30.3 Å². The molecule has 4 amide bonds. The molecule has 2 aromatic rings. The number of hydrogen-bond donors (Lipinski definition) is 1. The smallest absolute Gasteiger partial charge is 0.327 e. The lowest BCUT2D eigenvalue weighted by atomic mass is 10.2. The van der Waals surface area contributed by atoms with Gasteiger partial charge in [-0.3, -0.25) is 19.3 Å². The van der Waals surface area contributed by atoms with Gasteiger partial charge in [-0.05, 0) is 19.1 Å². The number of imide groups is 1. The number of benzene rings is 1. The molecule has 0 aliphatic carbocycles. The Morgan fingerprint density at radius 2 is 2.04 bits per heavy atom. The van der Waals surface area contributed by atoms with Gasteiger partial charge in [-0.15, -0.1) is 0 Å². The lowest BCUT2D eigenvalue weighted by Crippen LogP contribution is -2.38. The summed E-state index contributed by atoms with van der Waals surface area (Å²) in [5, 5.41) is 3.59. The topological polar surface area (TPSA) is 109 Å². The molecule has 27 heavy (non-hydrogen) atoms. The van der Waals surface area contributed by atoms with E-state index in [0.717, 1.165) is 10.3 Å². The molecule has 1 aliphatic heterocycles. The number of ether oxygens (including phenoxy) is 1. The highest BCUT2D eigenvalue weighted by Crippen LogP contribution is 2.23. The Morgan fingerprint density at radius 1 is 1.30 bits per heavy atom. The number of likely N-dealkylation sites (N-methyl/N-ethyl adjacent to an activating group) is 1. The Balaban J connectivity index is 1.48. The molecule has 0 bridgehead atoms. The van der Waals surface area contributed by atoms with E-state index in [2.05, 4.69) is 5.32 Å². The summed E-state index contributed by atoms with van der Waals surface area (Å²) in [6.45, 7) is 0.625. The second-order valence-electron chi connectivity index (χ2n) is 6.26. The van der Waals surface area contributed by atoms with Gasteiger partial charge >= 0.3 is 12.0 Å². The van der Waals surface area contributed by atoms with E-state index in [-0.39, 0.29) is 6.54 Å². The predicted molar refractivity (Wildman–Crippen MR) is 93.5 cm³/mol. The predicted octanol–water partition coefficient (Wildman–Crippen LogP) is 1.05. The molecule has 1 N–H and O–H groups in total. The van der Waals surface area contributed by atoms with Crippen LogP contribution in [0.4, 0.5) is 4.79 Å². The molecule has 3 rings (SSSR count). The summed E-state index contributed by atoms with van der Waals surface area (Å²) >= 11 is 0. The van der Waals surface area contributed by atoms with Crippen molar-refractivity contribution in [3.63, 3.8) is 0 Å². The molecule has 142 valence electrons. The molecular weight excluding hydrogens is 354 g/mol. The SMILES string of the molecule is C[C@H](NC(=O)COC(=O)CN1C(=O)CN(C)C1=O)c1cc2ccccc2o1. The molecule has 0 unspecified atom stereocenters. The monoisotopic (exact) mass is 373 g/mol. The number of amides is 4. The van der Waals surface area contributed by atoms with Crippen LogP contribution in [0.3, 0.4) is 0 Å². The Kier molecular flexibility index (Phi) is 5.11. The number of carbonyl (C=O) groups excluding carboxylic acids is 4. The highest BCUT2D eigenvalue weighted by atomic mass is 16.5. The normalized spacial score (nSPS) is 15.3. The molecule has 1 atom stereocenters. The van der Waals surface area contributed by atoms with Crippen LogP contribution in [-0.4, -0.2) is 60.4 Å². The van der Waals surface area contributed by atoms with Crippen molar-refractivity contribution in [1.82, 2.24) is 15.1 Å². The van der Waals surface area contributed by atoms with Gasteiger partial charge in [0.15, 0.2) is 6.61 Å². The average Bonchev–Trinajstić information content (AvgIpc) is 3.17. The molecular formula is C18H19N3O6. The van der Waals surface area contributed by atoms with Gasteiger partial charge < -0.3 is 19.4 Å². The first kappa shape index (κ1) is 18.4. The minimum absolute atomic E-state index is 0.0817. The maximum atomic E-state index is 12.0. The van der Waals surface area contributed by atoms with Gasteiger partial charge in [-0.2, -0.15) is 0 Å². The molecule has 2 heterocycles. The summed E-state index contributed by atoms with van der Waals surface area (Å²) in [5.41, 5.74) is 0.713. The molecule has 1 fully saturated rings. The fourth-order valence-corrected chi connectivity index (χ4v) is 2.72. The van der Waals surface area contributed by atoms with E-state index >= 15 is 0 Å². The summed E-state index contributed by atoms with van der Waals surface area (Å²) in [6, 6.07) is 8.31. The van der Waals surface area contributed by atoms with Gasteiger partial charge in [0.2, 0.25) is 0 Å². The maximum absolute atomic E-state index is 12.0. The van der Waals surface area contributed by atoms with E-state index in [1.165, 1.54) is 11.9 Å². The summed E-state index contributed by atoms with van der Waals surface area (Å²) in [7, 11) is 1.46. The Labute approximate surface area is 154 Å². The van der Waals surface area contributed by atoms with Crippen LogP contribution in [0.25, 0.3) is 11.0 Å². The zero-order valence-corrected chi connectivity index (χ0v) is 14.9. The van der Waals surface area contributed by atoms with Crippen LogP contribution >= 0.6 is 0 Å². The van der Waals surface area contributed by atoms with Gasteiger partial charge in [0.25, 0.3) is 11.8 Å². The number of fused-ring (bicyclic) bond motifs is 1. The average molecular weight is 373 g/mol. The van der Waals surface area contributed by atoms with Crippen LogP contribution in [0.2, 0.25) is 0 Å². The fraction of sp³-hybridized carbons (Fsp3) is 0.333. The Bertz CT molecular complexity index is 872. The van der Waals surface area contributed by atoms with Crippen molar-refractivity contribution in [3.05, 3.63) is 36.1 Å². The van der Waals surface area contributed by atoms with Crippen molar-refractivity contribution in [2.75, 3.05) is 26.7 Å².